The van der Waals surface area contributed by atoms with Gasteiger partial charge in [0.05, 0.1) is 19.1 Å². The van der Waals surface area contributed by atoms with Crippen LogP contribution in [-0.2, 0) is 0 Å². The predicted molar refractivity (Wildman–Crippen MR) is 159 cm³/mol. The van der Waals surface area contributed by atoms with Crippen molar-refractivity contribution >= 4 is 56.9 Å². The number of hydrogen-bond acceptors (Lipinski definition) is 0. The Morgan fingerprint density at radius 3 is 1.28 bits per heavy atom. The van der Waals surface area contributed by atoms with Gasteiger partial charge in [-0.3, -0.25) is 0 Å². The Hall–Kier alpha value is -4.08. The van der Waals surface area contributed by atoms with Crippen LogP contribution in [0.15, 0.2) is 103 Å². The number of para-hydroxylation sites is 4. The van der Waals surface area contributed by atoms with Crippen molar-refractivity contribution < 1.29 is 0 Å². The first-order chi connectivity index (χ1) is 17.5. The van der Waals surface area contributed by atoms with Crippen LogP contribution in [0.5, 0.6) is 0 Å². The number of aromatic amines is 2. The molecular formula is C33H28N2Si. The normalized spacial score (nSPS) is 12.3. The third-order valence-electron chi connectivity index (χ3n) is 7.48. The van der Waals surface area contributed by atoms with E-state index in [2.05, 4.69) is 133 Å². The second kappa shape index (κ2) is 7.71. The number of hydrogen-bond donors (Lipinski definition) is 2. The molecule has 2 N–H and O–H groups in total. The molecule has 2 heterocycles. The van der Waals surface area contributed by atoms with Gasteiger partial charge in [0.15, 0.2) is 0 Å². The molecule has 2 aromatic heterocycles. The quantitative estimate of drug-likeness (QED) is 0.237. The van der Waals surface area contributed by atoms with Crippen molar-refractivity contribution in [3.8, 4) is 22.3 Å². The smallest absolute Gasteiger partial charge is 0.0792 e. The van der Waals surface area contributed by atoms with E-state index in [4.69, 9.17) is 0 Å². The Labute approximate surface area is 211 Å². The first-order valence-corrected chi connectivity index (χ1v) is 16.1. The van der Waals surface area contributed by atoms with Crippen LogP contribution in [-0.4, -0.2) is 18.0 Å². The van der Waals surface area contributed by atoms with Crippen LogP contribution in [0.2, 0.25) is 19.6 Å². The number of nitrogens with one attached hydrogen (secondary N) is 2. The highest BCUT2D eigenvalue weighted by Gasteiger charge is 2.27. The second-order valence-corrected chi connectivity index (χ2v) is 15.8. The van der Waals surface area contributed by atoms with E-state index in [0.29, 0.717) is 0 Å². The van der Waals surface area contributed by atoms with Crippen molar-refractivity contribution in [1.29, 1.82) is 0 Å². The zero-order valence-corrected chi connectivity index (χ0v) is 21.8. The van der Waals surface area contributed by atoms with Gasteiger partial charge in [0, 0.05) is 43.7 Å². The van der Waals surface area contributed by atoms with Crippen LogP contribution in [0.4, 0.5) is 0 Å². The van der Waals surface area contributed by atoms with Crippen molar-refractivity contribution in [2.24, 2.45) is 0 Å². The predicted octanol–water partition coefficient (Wildman–Crippen LogP) is 8.83. The standard InChI is InChI=1S/C33H28N2Si/c1-36(2,3)33-27(25-15-8-13-23-21-11-4-6-19-29(21)34-31(23)25)17-10-18-28(33)26-16-9-14-24-22-12-5-7-20-30(22)35-32(24)26/h4-20,34-35H,1-3H3. The van der Waals surface area contributed by atoms with E-state index in [-0.39, 0.29) is 0 Å². The highest BCUT2D eigenvalue weighted by Crippen LogP contribution is 2.37. The molecule has 0 aliphatic carbocycles. The average molecular weight is 481 g/mol. The number of fused-ring (bicyclic) bond motifs is 6. The molecule has 0 radical (unpaired) electrons. The van der Waals surface area contributed by atoms with Gasteiger partial charge in [-0.05, 0) is 28.4 Å². The molecule has 7 aromatic rings. The van der Waals surface area contributed by atoms with Gasteiger partial charge in [-0.25, -0.2) is 0 Å². The lowest BCUT2D eigenvalue weighted by atomic mass is 9.96. The van der Waals surface area contributed by atoms with E-state index < -0.39 is 8.07 Å². The monoisotopic (exact) mass is 480 g/mol. The zero-order valence-electron chi connectivity index (χ0n) is 20.8. The van der Waals surface area contributed by atoms with Gasteiger partial charge >= 0.3 is 0 Å². The first kappa shape index (κ1) is 21.2. The summed E-state index contributed by atoms with van der Waals surface area (Å²) >= 11 is 0. The van der Waals surface area contributed by atoms with E-state index in [9.17, 15) is 0 Å². The molecule has 0 fully saturated rings. The molecule has 0 bridgehead atoms. The van der Waals surface area contributed by atoms with Crippen LogP contribution in [0.3, 0.4) is 0 Å². The van der Waals surface area contributed by atoms with E-state index in [1.807, 2.05) is 0 Å². The molecule has 0 amide bonds. The molecule has 0 spiro atoms. The van der Waals surface area contributed by atoms with Crippen LogP contribution >= 0.6 is 0 Å². The van der Waals surface area contributed by atoms with E-state index >= 15 is 0 Å². The lowest BCUT2D eigenvalue weighted by molar-refractivity contribution is 1.52. The Morgan fingerprint density at radius 1 is 0.417 bits per heavy atom. The van der Waals surface area contributed by atoms with Crippen LogP contribution in [0, 0.1) is 0 Å². The highest BCUT2D eigenvalue weighted by molar-refractivity contribution is 6.90. The third-order valence-corrected chi connectivity index (χ3v) is 9.52. The lowest BCUT2D eigenvalue weighted by Crippen LogP contribution is -2.40. The largest absolute Gasteiger partial charge is 0.354 e. The first-order valence-electron chi connectivity index (χ1n) is 12.6. The Bertz CT molecular complexity index is 1800. The van der Waals surface area contributed by atoms with Crippen molar-refractivity contribution in [3.63, 3.8) is 0 Å². The number of benzene rings is 5. The van der Waals surface area contributed by atoms with Gasteiger partial charge in [-0.15, -0.1) is 0 Å². The maximum Gasteiger partial charge on any atom is 0.0792 e. The fourth-order valence-electron chi connectivity index (χ4n) is 6.00. The summed E-state index contributed by atoms with van der Waals surface area (Å²) in [6.45, 7) is 7.39. The van der Waals surface area contributed by atoms with E-state index in [1.54, 1.807) is 0 Å². The molecule has 0 unspecified atom stereocenters. The van der Waals surface area contributed by atoms with Gasteiger partial charge < -0.3 is 9.97 Å². The van der Waals surface area contributed by atoms with Crippen molar-refractivity contribution in [3.05, 3.63) is 103 Å². The molecule has 0 aliphatic heterocycles. The third kappa shape index (κ3) is 3.09. The summed E-state index contributed by atoms with van der Waals surface area (Å²) in [4.78, 5) is 7.48. The minimum Gasteiger partial charge on any atom is -0.354 e. The van der Waals surface area contributed by atoms with Crippen LogP contribution < -0.4 is 5.19 Å². The van der Waals surface area contributed by atoms with Crippen LogP contribution in [0.1, 0.15) is 0 Å². The molecule has 7 rings (SSSR count). The summed E-state index contributed by atoms with van der Waals surface area (Å²) in [5.41, 5.74) is 10.1. The topological polar surface area (TPSA) is 31.6 Å². The second-order valence-electron chi connectivity index (χ2n) is 10.8. The number of aromatic nitrogens is 2. The van der Waals surface area contributed by atoms with Crippen molar-refractivity contribution in [1.82, 2.24) is 9.97 Å². The maximum absolute atomic E-state index is 3.74. The average Bonchev–Trinajstić information content (AvgIpc) is 3.46. The summed E-state index contributed by atoms with van der Waals surface area (Å²) in [6.07, 6.45) is 0. The van der Waals surface area contributed by atoms with Gasteiger partial charge in [-0.2, -0.15) is 0 Å². The molecule has 2 nitrogen and oxygen atoms in total. The van der Waals surface area contributed by atoms with Crippen LogP contribution in [0.25, 0.3) is 65.9 Å². The molecule has 0 saturated carbocycles. The minimum atomic E-state index is -1.77. The number of rotatable bonds is 3. The van der Waals surface area contributed by atoms with Crippen molar-refractivity contribution in [2.45, 2.75) is 19.6 Å². The fourth-order valence-corrected chi connectivity index (χ4v) is 8.06. The van der Waals surface area contributed by atoms with E-state index in [1.165, 1.54) is 71.1 Å². The molecular weight excluding hydrogens is 452 g/mol. The summed E-state index contributed by atoms with van der Waals surface area (Å²) in [6, 6.07) is 37.5. The molecule has 5 aromatic carbocycles. The Kier molecular flexibility index (Phi) is 4.54. The van der Waals surface area contributed by atoms with Gasteiger partial charge in [0.2, 0.25) is 0 Å². The molecule has 174 valence electrons. The molecule has 3 heteroatoms. The van der Waals surface area contributed by atoms with Gasteiger partial charge in [0.1, 0.15) is 0 Å². The Balaban J connectivity index is 1.56. The van der Waals surface area contributed by atoms with Crippen molar-refractivity contribution in [2.75, 3.05) is 0 Å². The maximum atomic E-state index is 3.74. The van der Waals surface area contributed by atoms with E-state index in [0.717, 1.165) is 0 Å². The lowest BCUT2D eigenvalue weighted by Gasteiger charge is -2.26. The SMILES string of the molecule is C[Si](C)(C)c1c(-c2cccc3c2[nH]c2ccccc23)cccc1-c1cccc2c1[nH]c1ccccc12. The molecule has 0 atom stereocenters. The summed E-state index contributed by atoms with van der Waals surface area (Å²) < 4.78 is 0. The minimum absolute atomic E-state index is 1.19. The molecule has 0 saturated heterocycles. The summed E-state index contributed by atoms with van der Waals surface area (Å²) in [7, 11) is -1.77. The van der Waals surface area contributed by atoms with Gasteiger partial charge in [0.25, 0.3) is 0 Å². The summed E-state index contributed by atoms with van der Waals surface area (Å²) in [5.74, 6) is 0. The molecule has 0 aliphatic rings. The summed E-state index contributed by atoms with van der Waals surface area (Å²) in [5, 5.41) is 6.63. The fraction of sp³-hybridized carbons (Fsp3) is 0.0909. The van der Waals surface area contributed by atoms with Gasteiger partial charge in [-0.1, -0.05) is 111 Å². The Morgan fingerprint density at radius 2 is 0.806 bits per heavy atom. The highest BCUT2D eigenvalue weighted by atomic mass is 28.3. The zero-order chi connectivity index (χ0) is 24.4. The molecule has 36 heavy (non-hydrogen) atoms. The number of H-pyrrole nitrogens is 2.